The Kier molecular flexibility index (Phi) is 4.40. The molecule has 0 unspecified atom stereocenters. The van der Waals surface area contributed by atoms with Crippen molar-refractivity contribution in [2.45, 2.75) is 6.92 Å². The maximum atomic E-state index is 9.06. The van der Waals surface area contributed by atoms with Gasteiger partial charge >= 0.3 is 0 Å². The third-order valence-corrected chi connectivity index (χ3v) is 1.45. The van der Waals surface area contributed by atoms with E-state index in [1.54, 1.807) is 0 Å². The Morgan fingerprint density at radius 3 is 2.00 bits per heavy atom. The van der Waals surface area contributed by atoms with E-state index in [1.165, 1.54) is 12.1 Å². The van der Waals surface area contributed by atoms with Crippen LogP contribution in [0, 0.1) is 0 Å². The number of nitrogens with one attached hydrogen (secondary N) is 1. The summed E-state index contributed by atoms with van der Waals surface area (Å²) in [7, 11) is 0. The van der Waals surface area contributed by atoms with Gasteiger partial charge in [0.2, 0.25) is 0 Å². The van der Waals surface area contributed by atoms with E-state index in [1.807, 2.05) is 6.92 Å². The van der Waals surface area contributed by atoms with Crippen molar-refractivity contribution in [1.82, 2.24) is 0 Å². The highest BCUT2D eigenvalue weighted by atomic mass is 79.9. The molecule has 74 valence electrons. The summed E-state index contributed by atoms with van der Waals surface area (Å²) in [4.78, 5) is 0. The maximum absolute atomic E-state index is 9.06. The molecule has 1 rings (SSSR count). The van der Waals surface area contributed by atoms with Gasteiger partial charge in [-0.2, -0.15) is 0 Å². The maximum Gasteiger partial charge on any atom is 0.200 e. The normalized spacial score (nSPS) is 9.00. The zero-order valence-electron chi connectivity index (χ0n) is 7.11. The molecule has 5 heteroatoms. The van der Waals surface area contributed by atoms with E-state index < -0.39 is 5.75 Å². The topological polar surface area (TPSA) is 72.7 Å². The van der Waals surface area contributed by atoms with Crippen molar-refractivity contribution in [3.63, 3.8) is 0 Å². The molecular formula is C8H12BrNO3. The lowest BCUT2D eigenvalue weighted by Crippen LogP contribution is -1.95. The van der Waals surface area contributed by atoms with Gasteiger partial charge in [0.1, 0.15) is 0 Å². The summed E-state index contributed by atoms with van der Waals surface area (Å²) >= 11 is 0. The van der Waals surface area contributed by atoms with Crippen LogP contribution >= 0.6 is 17.0 Å². The van der Waals surface area contributed by atoms with Crippen LogP contribution in [0.4, 0.5) is 5.69 Å². The van der Waals surface area contributed by atoms with Gasteiger partial charge in [-0.1, -0.05) is 0 Å². The summed E-state index contributed by atoms with van der Waals surface area (Å²) in [6, 6.07) is 2.69. The minimum atomic E-state index is -0.489. The highest BCUT2D eigenvalue weighted by Crippen LogP contribution is 2.37. The van der Waals surface area contributed by atoms with Gasteiger partial charge in [0.15, 0.2) is 17.2 Å². The van der Waals surface area contributed by atoms with Crippen LogP contribution in [0.25, 0.3) is 0 Å². The summed E-state index contributed by atoms with van der Waals surface area (Å²) < 4.78 is 0. The first kappa shape index (κ1) is 11.9. The van der Waals surface area contributed by atoms with E-state index in [2.05, 4.69) is 5.32 Å². The van der Waals surface area contributed by atoms with Crippen LogP contribution in [0.1, 0.15) is 6.92 Å². The molecule has 0 bridgehead atoms. The Labute approximate surface area is 86.6 Å². The van der Waals surface area contributed by atoms with E-state index in [4.69, 9.17) is 15.3 Å². The van der Waals surface area contributed by atoms with E-state index in [-0.39, 0.29) is 28.5 Å². The number of aromatic hydroxyl groups is 3. The van der Waals surface area contributed by atoms with E-state index in [0.29, 0.717) is 12.2 Å². The van der Waals surface area contributed by atoms with Gasteiger partial charge in [-0.05, 0) is 6.92 Å². The van der Waals surface area contributed by atoms with Crippen LogP contribution in [0.2, 0.25) is 0 Å². The summed E-state index contributed by atoms with van der Waals surface area (Å²) in [5.41, 5.74) is 0.574. The molecule has 0 saturated heterocycles. The minimum absolute atomic E-state index is 0. The summed E-state index contributed by atoms with van der Waals surface area (Å²) in [5, 5.41) is 30.0. The SMILES string of the molecule is Br.CCNc1cc(O)c(O)c(O)c1. The quantitative estimate of drug-likeness (QED) is 0.477. The highest BCUT2D eigenvalue weighted by Gasteiger charge is 2.06. The highest BCUT2D eigenvalue weighted by molar-refractivity contribution is 8.93. The molecule has 13 heavy (non-hydrogen) atoms. The molecule has 0 radical (unpaired) electrons. The number of halogens is 1. The average molecular weight is 250 g/mol. The molecule has 0 fully saturated rings. The molecule has 1 aromatic carbocycles. The van der Waals surface area contributed by atoms with Crippen molar-refractivity contribution in [2.24, 2.45) is 0 Å². The van der Waals surface area contributed by atoms with E-state index in [0.717, 1.165) is 0 Å². The van der Waals surface area contributed by atoms with Gasteiger partial charge in [-0.3, -0.25) is 0 Å². The van der Waals surface area contributed by atoms with Gasteiger partial charge in [0.05, 0.1) is 0 Å². The van der Waals surface area contributed by atoms with Gasteiger partial charge in [0, 0.05) is 24.4 Å². The Balaban J connectivity index is 0.00000144. The Morgan fingerprint density at radius 2 is 1.62 bits per heavy atom. The zero-order chi connectivity index (χ0) is 9.14. The largest absolute Gasteiger partial charge is 0.504 e. The molecule has 0 spiro atoms. The first-order chi connectivity index (χ1) is 5.65. The Morgan fingerprint density at radius 1 is 1.15 bits per heavy atom. The number of benzene rings is 1. The van der Waals surface area contributed by atoms with Gasteiger partial charge in [-0.25, -0.2) is 0 Å². The molecule has 0 aliphatic carbocycles. The lowest BCUT2D eigenvalue weighted by molar-refractivity contribution is 0.368. The second-order valence-electron chi connectivity index (χ2n) is 2.39. The Hall–Kier alpha value is -1.10. The number of phenols is 3. The smallest absolute Gasteiger partial charge is 0.200 e. The van der Waals surface area contributed by atoms with E-state index >= 15 is 0 Å². The average Bonchev–Trinajstić information content (AvgIpc) is 2.01. The molecule has 1 aromatic rings. The number of rotatable bonds is 2. The first-order valence-corrected chi connectivity index (χ1v) is 3.64. The number of hydrogen-bond acceptors (Lipinski definition) is 4. The molecule has 0 aromatic heterocycles. The van der Waals surface area contributed by atoms with Crippen molar-refractivity contribution in [3.8, 4) is 17.2 Å². The Bertz CT molecular complexity index is 268. The molecule has 0 amide bonds. The number of phenolic OH excluding ortho intramolecular Hbond substituents is 3. The summed E-state index contributed by atoms with van der Waals surface area (Å²) in [6.07, 6.45) is 0. The minimum Gasteiger partial charge on any atom is -0.504 e. The van der Waals surface area contributed by atoms with Crippen molar-refractivity contribution in [2.75, 3.05) is 11.9 Å². The van der Waals surface area contributed by atoms with Crippen LogP contribution in [-0.4, -0.2) is 21.9 Å². The lowest BCUT2D eigenvalue weighted by atomic mass is 10.2. The monoisotopic (exact) mass is 249 g/mol. The predicted octanol–water partition coefficient (Wildman–Crippen LogP) is 1.81. The lowest BCUT2D eigenvalue weighted by Gasteiger charge is -2.06. The molecule has 4 nitrogen and oxygen atoms in total. The number of hydrogen-bond donors (Lipinski definition) is 4. The second kappa shape index (κ2) is 4.81. The van der Waals surface area contributed by atoms with Crippen molar-refractivity contribution in [1.29, 1.82) is 0 Å². The summed E-state index contributed by atoms with van der Waals surface area (Å²) in [6.45, 7) is 2.57. The molecule has 0 aliphatic rings. The standard InChI is InChI=1S/C8H11NO3.BrH/c1-2-9-5-3-6(10)8(12)7(11)4-5;/h3-4,9-12H,2H2,1H3;1H. The summed E-state index contributed by atoms with van der Waals surface area (Å²) in [5.74, 6) is -1.14. The zero-order valence-corrected chi connectivity index (χ0v) is 8.82. The van der Waals surface area contributed by atoms with Crippen LogP contribution in [0.3, 0.4) is 0 Å². The van der Waals surface area contributed by atoms with Crippen LogP contribution in [-0.2, 0) is 0 Å². The van der Waals surface area contributed by atoms with Crippen LogP contribution in [0.15, 0.2) is 12.1 Å². The molecule has 0 aliphatic heterocycles. The fourth-order valence-electron chi connectivity index (χ4n) is 0.910. The van der Waals surface area contributed by atoms with Gasteiger partial charge in [-0.15, -0.1) is 17.0 Å². The second-order valence-corrected chi connectivity index (χ2v) is 2.39. The third kappa shape index (κ3) is 2.69. The fourth-order valence-corrected chi connectivity index (χ4v) is 0.910. The molecule has 0 heterocycles. The molecule has 4 N–H and O–H groups in total. The fraction of sp³-hybridized carbons (Fsp3) is 0.250. The van der Waals surface area contributed by atoms with Gasteiger partial charge in [0.25, 0.3) is 0 Å². The van der Waals surface area contributed by atoms with Crippen LogP contribution in [0.5, 0.6) is 17.2 Å². The molecular weight excluding hydrogens is 238 g/mol. The van der Waals surface area contributed by atoms with Crippen molar-refractivity contribution >= 4 is 22.7 Å². The third-order valence-electron chi connectivity index (χ3n) is 1.45. The van der Waals surface area contributed by atoms with Gasteiger partial charge < -0.3 is 20.6 Å². The van der Waals surface area contributed by atoms with Crippen molar-refractivity contribution in [3.05, 3.63) is 12.1 Å². The number of anilines is 1. The molecule has 0 saturated carbocycles. The van der Waals surface area contributed by atoms with E-state index in [9.17, 15) is 0 Å². The van der Waals surface area contributed by atoms with Crippen LogP contribution < -0.4 is 5.32 Å². The predicted molar refractivity (Wildman–Crippen MR) is 55.9 cm³/mol. The molecule has 0 atom stereocenters. The first-order valence-electron chi connectivity index (χ1n) is 3.64. The van der Waals surface area contributed by atoms with Crippen molar-refractivity contribution < 1.29 is 15.3 Å².